The lowest BCUT2D eigenvalue weighted by Gasteiger charge is -2.08. The van der Waals surface area contributed by atoms with Crippen LogP contribution in [0.15, 0.2) is 54.6 Å². The molecule has 1 heterocycles. The van der Waals surface area contributed by atoms with Crippen molar-refractivity contribution in [3.8, 4) is 0 Å². The van der Waals surface area contributed by atoms with Gasteiger partial charge in [0.2, 0.25) is 0 Å². The van der Waals surface area contributed by atoms with Crippen molar-refractivity contribution in [2.45, 2.75) is 20.4 Å². The van der Waals surface area contributed by atoms with Crippen molar-refractivity contribution < 1.29 is 9.18 Å². The molecule has 0 aliphatic rings. The van der Waals surface area contributed by atoms with E-state index in [-0.39, 0.29) is 5.56 Å². The van der Waals surface area contributed by atoms with Crippen LogP contribution in [0.25, 0.3) is 0 Å². The Morgan fingerprint density at radius 2 is 1.75 bits per heavy atom. The van der Waals surface area contributed by atoms with Gasteiger partial charge in [0.15, 0.2) is 0 Å². The number of aryl methyl sites for hydroxylation is 1. The smallest absolute Gasteiger partial charge is 0.258 e. The molecular formula is C19H18FN3O. The fourth-order valence-corrected chi connectivity index (χ4v) is 2.61. The topological polar surface area (TPSA) is 46.9 Å². The number of carbonyl (C=O) groups is 1. The second-order valence-corrected chi connectivity index (χ2v) is 5.62. The lowest BCUT2D eigenvalue weighted by atomic mass is 10.2. The average molecular weight is 323 g/mol. The molecule has 3 rings (SSSR count). The Morgan fingerprint density at radius 3 is 2.46 bits per heavy atom. The summed E-state index contributed by atoms with van der Waals surface area (Å²) in [5.74, 6) is -1.01. The van der Waals surface area contributed by atoms with Crippen LogP contribution in [-0.2, 0) is 6.54 Å². The van der Waals surface area contributed by atoms with Gasteiger partial charge in [0.05, 0.1) is 29.2 Å². The number of hydrogen-bond donors (Lipinski definition) is 1. The minimum absolute atomic E-state index is 0.0205. The number of aromatic nitrogens is 2. The first-order valence-electron chi connectivity index (χ1n) is 7.70. The van der Waals surface area contributed by atoms with Crippen LogP contribution in [0.3, 0.4) is 0 Å². The first-order chi connectivity index (χ1) is 11.6. The molecule has 0 aliphatic heterocycles. The Balaban J connectivity index is 1.84. The predicted molar refractivity (Wildman–Crippen MR) is 91.6 cm³/mol. The van der Waals surface area contributed by atoms with Crippen molar-refractivity contribution in [3.63, 3.8) is 0 Å². The molecule has 122 valence electrons. The molecule has 1 aromatic heterocycles. The molecule has 0 saturated carbocycles. The van der Waals surface area contributed by atoms with E-state index in [1.807, 2.05) is 48.9 Å². The van der Waals surface area contributed by atoms with Gasteiger partial charge in [-0.2, -0.15) is 5.10 Å². The van der Waals surface area contributed by atoms with Crippen LogP contribution in [0.2, 0.25) is 0 Å². The number of nitrogens with one attached hydrogen (secondary N) is 1. The van der Waals surface area contributed by atoms with E-state index < -0.39 is 11.7 Å². The summed E-state index contributed by atoms with van der Waals surface area (Å²) in [4.78, 5) is 12.3. The van der Waals surface area contributed by atoms with Gasteiger partial charge in [-0.05, 0) is 31.5 Å². The van der Waals surface area contributed by atoms with Crippen molar-refractivity contribution in [3.05, 3.63) is 82.9 Å². The molecule has 0 unspecified atom stereocenters. The van der Waals surface area contributed by atoms with Gasteiger partial charge in [-0.25, -0.2) is 4.39 Å². The number of benzene rings is 2. The van der Waals surface area contributed by atoms with E-state index >= 15 is 0 Å². The zero-order valence-corrected chi connectivity index (χ0v) is 13.6. The Hall–Kier alpha value is -2.95. The standard InChI is InChI=1S/C19H18FN3O/c1-13-18(21-19(24)16-10-6-7-11-17(16)20)14(2)23(22-13)12-15-8-4-3-5-9-15/h3-11H,12H2,1-2H3,(H,21,24). The molecule has 2 aromatic carbocycles. The van der Waals surface area contributed by atoms with E-state index in [0.29, 0.717) is 17.9 Å². The van der Waals surface area contributed by atoms with Gasteiger partial charge in [-0.1, -0.05) is 42.5 Å². The highest BCUT2D eigenvalue weighted by Crippen LogP contribution is 2.21. The lowest BCUT2D eigenvalue weighted by molar-refractivity contribution is 0.102. The number of nitrogens with zero attached hydrogens (tertiary/aromatic N) is 2. The van der Waals surface area contributed by atoms with Gasteiger partial charge in [0.25, 0.3) is 5.91 Å². The normalized spacial score (nSPS) is 10.6. The van der Waals surface area contributed by atoms with Crippen LogP contribution in [0.5, 0.6) is 0 Å². The fourth-order valence-electron chi connectivity index (χ4n) is 2.61. The van der Waals surface area contributed by atoms with Crippen LogP contribution in [0.1, 0.15) is 27.3 Å². The highest BCUT2D eigenvalue weighted by atomic mass is 19.1. The maximum Gasteiger partial charge on any atom is 0.258 e. The van der Waals surface area contributed by atoms with Crippen LogP contribution in [0.4, 0.5) is 10.1 Å². The quantitative estimate of drug-likeness (QED) is 0.790. The highest BCUT2D eigenvalue weighted by Gasteiger charge is 2.17. The monoisotopic (exact) mass is 323 g/mol. The summed E-state index contributed by atoms with van der Waals surface area (Å²) >= 11 is 0. The van der Waals surface area contributed by atoms with Crippen LogP contribution >= 0.6 is 0 Å². The number of anilines is 1. The predicted octanol–water partition coefficient (Wildman–Crippen LogP) is 3.94. The molecule has 0 fully saturated rings. The molecule has 3 aromatic rings. The van der Waals surface area contributed by atoms with Crippen LogP contribution < -0.4 is 5.32 Å². The van der Waals surface area contributed by atoms with Gasteiger partial charge in [0.1, 0.15) is 5.82 Å². The van der Waals surface area contributed by atoms with Crippen molar-refractivity contribution in [2.24, 2.45) is 0 Å². The van der Waals surface area contributed by atoms with Gasteiger partial charge >= 0.3 is 0 Å². The molecule has 4 nitrogen and oxygen atoms in total. The molecule has 24 heavy (non-hydrogen) atoms. The summed E-state index contributed by atoms with van der Waals surface area (Å²) in [7, 11) is 0. The van der Waals surface area contributed by atoms with Crippen molar-refractivity contribution in [1.82, 2.24) is 9.78 Å². The van der Waals surface area contributed by atoms with E-state index in [1.165, 1.54) is 12.1 Å². The first-order valence-corrected chi connectivity index (χ1v) is 7.70. The number of halogens is 1. The zero-order valence-electron chi connectivity index (χ0n) is 13.6. The van der Waals surface area contributed by atoms with E-state index in [9.17, 15) is 9.18 Å². The van der Waals surface area contributed by atoms with Crippen molar-refractivity contribution >= 4 is 11.6 Å². The van der Waals surface area contributed by atoms with E-state index in [1.54, 1.807) is 12.1 Å². The highest BCUT2D eigenvalue weighted by molar-refractivity contribution is 6.05. The molecule has 0 bridgehead atoms. The maximum atomic E-state index is 13.8. The fraction of sp³-hybridized carbons (Fsp3) is 0.158. The molecule has 0 saturated heterocycles. The van der Waals surface area contributed by atoms with E-state index in [2.05, 4.69) is 10.4 Å². The van der Waals surface area contributed by atoms with Gasteiger partial charge in [0, 0.05) is 0 Å². The minimum atomic E-state index is -0.540. The average Bonchev–Trinajstić information content (AvgIpc) is 2.83. The number of carbonyl (C=O) groups excluding carboxylic acids is 1. The first kappa shape index (κ1) is 15.9. The largest absolute Gasteiger partial charge is 0.319 e. The second kappa shape index (κ2) is 6.66. The van der Waals surface area contributed by atoms with Gasteiger partial charge in [-0.3, -0.25) is 9.48 Å². The molecule has 1 amide bonds. The molecule has 1 N–H and O–H groups in total. The Kier molecular flexibility index (Phi) is 4.42. The SMILES string of the molecule is Cc1nn(Cc2ccccc2)c(C)c1NC(=O)c1ccccc1F. The van der Waals surface area contributed by atoms with Crippen LogP contribution in [-0.4, -0.2) is 15.7 Å². The summed E-state index contributed by atoms with van der Waals surface area (Å²) in [5, 5.41) is 7.26. The molecule has 5 heteroatoms. The summed E-state index contributed by atoms with van der Waals surface area (Å²) in [6, 6.07) is 15.9. The minimum Gasteiger partial charge on any atom is -0.319 e. The lowest BCUT2D eigenvalue weighted by Crippen LogP contribution is -2.15. The van der Waals surface area contributed by atoms with Crippen molar-refractivity contribution in [2.75, 3.05) is 5.32 Å². The maximum absolute atomic E-state index is 13.8. The zero-order chi connectivity index (χ0) is 17.1. The molecule has 0 atom stereocenters. The van der Waals surface area contributed by atoms with Crippen molar-refractivity contribution in [1.29, 1.82) is 0 Å². The van der Waals surface area contributed by atoms with E-state index in [0.717, 1.165) is 11.3 Å². The van der Waals surface area contributed by atoms with Gasteiger partial charge in [-0.15, -0.1) is 0 Å². The molecule has 0 spiro atoms. The summed E-state index contributed by atoms with van der Waals surface area (Å²) < 4.78 is 15.6. The summed E-state index contributed by atoms with van der Waals surface area (Å²) in [6.45, 7) is 4.33. The summed E-state index contributed by atoms with van der Waals surface area (Å²) in [6.07, 6.45) is 0. The van der Waals surface area contributed by atoms with E-state index in [4.69, 9.17) is 0 Å². The Morgan fingerprint density at radius 1 is 1.08 bits per heavy atom. The number of hydrogen-bond acceptors (Lipinski definition) is 2. The third kappa shape index (κ3) is 3.20. The van der Waals surface area contributed by atoms with Crippen LogP contribution in [0, 0.1) is 19.7 Å². The Bertz CT molecular complexity index is 872. The Labute approximate surface area is 139 Å². The molecule has 0 radical (unpaired) electrons. The third-order valence-electron chi connectivity index (χ3n) is 3.91. The summed E-state index contributed by atoms with van der Waals surface area (Å²) in [5.41, 5.74) is 3.30. The second-order valence-electron chi connectivity index (χ2n) is 5.62. The molecule has 0 aliphatic carbocycles. The number of rotatable bonds is 4. The number of amides is 1. The van der Waals surface area contributed by atoms with Gasteiger partial charge < -0.3 is 5.32 Å². The third-order valence-corrected chi connectivity index (χ3v) is 3.91. The molecular weight excluding hydrogens is 305 g/mol.